The van der Waals surface area contributed by atoms with E-state index in [2.05, 4.69) is 41.7 Å². The molecule has 2 heterocycles. The first-order valence-electron chi connectivity index (χ1n) is 5.91. The second-order valence-electron chi connectivity index (χ2n) is 3.97. The lowest BCUT2D eigenvalue weighted by Crippen LogP contribution is -2.06. The molecule has 0 saturated heterocycles. The number of nitrogens with zero attached hydrogens (tertiary/aromatic N) is 2. The molecule has 0 fully saturated rings. The van der Waals surface area contributed by atoms with Gasteiger partial charge in [-0.15, -0.1) is 11.3 Å². The molecule has 0 saturated carbocycles. The molecule has 0 spiro atoms. The van der Waals surface area contributed by atoms with E-state index in [0.717, 1.165) is 6.42 Å². The highest BCUT2D eigenvalue weighted by atomic mass is 32.1. The fourth-order valence-corrected chi connectivity index (χ4v) is 3.02. The molecule has 1 unspecified atom stereocenters. The van der Waals surface area contributed by atoms with E-state index in [0.29, 0.717) is 6.04 Å². The van der Waals surface area contributed by atoms with Crippen LogP contribution in [0.15, 0.2) is 30.9 Å². The molecular formula is C13H18N2S. The van der Waals surface area contributed by atoms with Crippen LogP contribution in [0.3, 0.4) is 0 Å². The van der Waals surface area contributed by atoms with Gasteiger partial charge in [0.05, 0.1) is 12.4 Å². The van der Waals surface area contributed by atoms with Crippen LogP contribution in [0.1, 0.15) is 42.5 Å². The largest absolute Gasteiger partial charge is 0.329 e. The van der Waals surface area contributed by atoms with Gasteiger partial charge in [-0.3, -0.25) is 0 Å². The Morgan fingerprint density at radius 2 is 2.25 bits per heavy atom. The standard InChI is InChI=1S/C13H18N2S/c1-3-5-12(15-9-8-14-10-15)13-7-6-11(4-2)16-13/h6-10,12H,3-5H2,1-2H3. The number of aromatic nitrogens is 2. The van der Waals surface area contributed by atoms with E-state index >= 15 is 0 Å². The third-order valence-electron chi connectivity index (χ3n) is 2.81. The molecule has 2 rings (SSSR count). The van der Waals surface area contributed by atoms with Gasteiger partial charge in [0, 0.05) is 22.1 Å². The minimum absolute atomic E-state index is 0.470. The van der Waals surface area contributed by atoms with Gasteiger partial charge in [-0.05, 0) is 25.0 Å². The van der Waals surface area contributed by atoms with Crippen molar-refractivity contribution in [2.75, 3.05) is 0 Å². The summed E-state index contributed by atoms with van der Waals surface area (Å²) in [6.45, 7) is 4.44. The molecule has 3 heteroatoms. The van der Waals surface area contributed by atoms with Crippen LogP contribution in [0.4, 0.5) is 0 Å². The summed E-state index contributed by atoms with van der Waals surface area (Å²) in [5.74, 6) is 0. The number of rotatable bonds is 5. The molecule has 16 heavy (non-hydrogen) atoms. The summed E-state index contributed by atoms with van der Waals surface area (Å²) in [6, 6.07) is 4.99. The van der Waals surface area contributed by atoms with E-state index in [4.69, 9.17) is 0 Å². The maximum Gasteiger partial charge on any atom is 0.0951 e. The molecule has 0 bridgehead atoms. The molecule has 1 atom stereocenters. The highest BCUT2D eigenvalue weighted by Gasteiger charge is 2.14. The van der Waals surface area contributed by atoms with Gasteiger partial charge in [0.15, 0.2) is 0 Å². The van der Waals surface area contributed by atoms with Crippen LogP contribution in [0.2, 0.25) is 0 Å². The average molecular weight is 234 g/mol. The Morgan fingerprint density at radius 3 is 2.81 bits per heavy atom. The summed E-state index contributed by atoms with van der Waals surface area (Å²) in [5, 5.41) is 0. The highest BCUT2D eigenvalue weighted by molar-refractivity contribution is 7.12. The van der Waals surface area contributed by atoms with Crippen molar-refractivity contribution in [3.63, 3.8) is 0 Å². The SMILES string of the molecule is CCCC(c1ccc(CC)s1)n1ccnc1. The highest BCUT2D eigenvalue weighted by Crippen LogP contribution is 2.29. The Bertz CT molecular complexity index is 417. The summed E-state index contributed by atoms with van der Waals surface area (Å²) in [5.41, 5.74) is 0. The predicted molar refractivity (Wildman–Crippen MR) is 69.0 cm³/mol. The molecule has 0 amide bonds. The van der Waals surface area contributed by atoms with Crippen molar-refractivity contribution >= 4 is 11.3 Å². The minimum Gasteiger partial charge on any atom is -0.329 e. The summed E-state index contributed by atoms with van der Waals surface area (Å²) >= 11 is 1.93. The summed E-state index contributed by atoms with van der Waals surface area (Å²) < 4.78 is 2.22. The topological polar surface area (TPSA) is 17.8 Å². The van der Waals surface area contributed by atoms with Gasteiger partial charge in [-0.1, -0.05) is 20.3 Å². The van der Waals surface area contributed by atoms with Gasteiger partial charge in [0.1, 0.15) is 0 Å². The first-order valence-corrected chi connectivity index (χ1v) is 6.72. The summed E-state index contributed by atoms with van der Waals surface area (Å²) in [6.07, 6.45) is 9.35. The Hall–Kier alpha value is -1.09. The quantitative estimate of drug-likeness (QED) is 0.767. The number of hydrogen-bond acceptors (Lipinski definition) is 2. The molecule has 0 N–H and O–H groups in total. The van der Waals surface area contributed by atoms with Gasteiger partial charge in [-0.25, -0.2) is 4.98 Å². The van der Waals surface area contributed by atoms with Gasteiger partial charge in [-0.2, -0.15) is 0 Å². The van der Waals surface area contributed by atoms with Crippen LogP contribution >= 0.6 is 11.3 Å². The van der Waals surface area contributed by atoms with E-state index in [1.54, 1.807) is 0 Å². The second kappa shape index (κ2) is 5.30. The number of hydrogen-bond donors (Lipinski definition) is 0. The molecule has 0 aromatic carbocycles. The van der Waals surface area contributed by atoms with Gasteiger partial charge in [0.25, 0.3) is 0 Å². The van der Waals surface area contributed by atoms with Crippen molar-refractivity contribution in [1.29, 1.82) is 0 Å². The van der Waals surface area contributed by atoms with Crippen molar-refractivity contribution in [3.8, 4) is 0 Å². The molecule has 2 aromatic rings. The average Bonchev–Trinajstić information content (AvgIpc) is 2.97. The van der Waals surface area contributed by atoms with Gasteiger partial charge >= 0.3 is 0 Å². The Labute approximate surface area is 101 Å². The maximum atomic E-state index is 4.15. The second-order valence-corrected chi connectivity index (χ2v) is 5.17. The van der Waals surface area contributed by atoms with Crippen molar-refractivity contribution in [2.45, 2.75) is 39.2 Å². The van der Waals surface area contributed by atoms with Crippen LogP contribution in [-0.2, 0) is 6.42 Å². The molecule has 0 radical (unpaired) electrons. The Kier molecular flexibility index (Phi) is 3.78. The van der Waals surface area contributed by atoms with Crippen molar-refractivity contribution in [1.82, 2.24) is 9.55 Å². The lowest BCUT2D eigenvalue weighted by atomic mass is 10.1. The van der Waals surface area contributed by atoms with Crippen LogP contribution in [-0.4, -0.2) is 9.55 Å². The summed E-state index contributed by atoms with van der Waals surface area (Å²) in [4.78, 5) is 7.07. The van der Waals surface area contributed by atoms with Crippen LogP contribution in [0.25, 0.3) is 0 Å². The maximum absolute atomic E-state index is 4.15. The molecule has 2 nitrogen and oxygen atoms in total. The first-order chi connectivity index (χ1) is 7.85. The van der Waals surface area contributed by atoms with Crippen molar-refractivity contribution < 1.29 is 0 Å². The van der Waals surface area contributed by atoms with E-state index in [9.17, 15) is 0 Å². The fourth-order valence-electron chi connectivity index (χ4n) is 1.93. The monoisotopic (exact) mass is 234 g/mol. The number of imidazole rings is 1. The third kappa shape index (κ3) is 2.35. The van der Waals surface area contributed by atoms with Crippen LogP contribution < -0.4 is 0 Å². The predicted octanol–water partition coefficient (Wildman–Crippen LogP) is 3.90. The third-order valence-corrected chi connectivity index (χ3v) is 4.14. The van der Waals surface area contributed by atoms with Gasteiger partial charge < -0.3 is 4.57 Å². The minimum atomic E-state index is 0.470. The molecule has 0 aliphatic heterocycles. The fraction of sp³-hybridized carbons (Fsp3) is 0.462. The van der Waals surface area contributed by atoms with E-state index in [1.807, 2.05) is 23.9 Å². The van der Waals surface area contributed by atoms with Gasteiger partial charge in [0.2, 0.25) is 0 Å². The lowest BCUT2D eigenvalue weighted by molar-refractivity contribution is 0.541. The molecule has 86 valence electrons. The van der Waals surface area contributed by atoms with E-state index in [1.165, 1.54) is 22.6 Å². The summed E-state index contributed by atoms with van der Waals surface area (Å²) in [7, 11) is 0. The van der Waals surface area contributed by atoms with E-state index < -0.39 is 0 Å². The smallest absolute Gasteiger partial charge is 0.0951 e. The zero-order valence-electron chi connectivity index (χ0n) is 9.89. The normalized spacial score (nSPS) is 12.9. The first kappa shape index (κ1) is 11.4. The number of thiophene rings is 1. The van der Waals surface area contributed by atoms with Crippen molar-refractivity contribution in [2.24, 2.45) is 0 Å². The zero-order valence-corrected chi connectivity index (χ0v) is 10.7. The lowest BCUT2D eigenvalue weighted by Gasteiger charge is -2.15. The van der Waals surface area contributed by atoms with E-state index in [-0.39, 0.29) is 0 Å². The van der Waals surface area contributed by atoms with Crippen LogP contribution in [0, 0.1) is 0 Å². The molecule has 0 aliphatic rings. The molecular weight excluding hydrogens is 216 g/mol. The zero-order chi connectivity index (χ0) is 11.4. The molecule has 0 aliphatic carbocycles. The number of aryl methyl sites for hydroxylation is 1. The molecule has 2 aromatic heterocycles. The Balaban J connectivity index is 2.25. The van der Waals surface area contributed by atoms with Crippen LogP contribution in [0.5, 0.6) is 0 Å². The van der Waals surface area contributed by atoms with Crippen molar-refractivity contribution in [3.05, 3.63) is 40.6 Å². The Morgan fingerprint density at radius 1 is 1.38 bits per heavy atom.